The van der Waals surface area contributed by atoms with Crippen LogP contribution < -0.4 is 15.0 Å². The average molecular weight is 360 g/mol. The van der Waals surface area contributed by atoms with E-state index in [4.69, 9.17) is 9.47 Å². The number of aromatic nitrogens is 1. The first-order valence-electron chi connectivity index (χ1n) is 8.93. The average Bonchev–Trinajstić information content (AvgIpc) is 3.00. The summed E-state index contributed by atoms with van der Waals surface area (Å²) in [6.45, 7) is 4.66. The van der Waals surface area contributed by atoms with E-state index in [0.717, 1.165) is 37.2 Å². The Morgan fingerprint density at radius 3 is 2.65 bits per heavy atom. The number of nitrogens with one attached hydrogen (secondary N) is 3. The van der Waals surface area contributed by atoms with Crippen LogP contribution in [0.25, 0.3) is 10.9 Å². The van der Waals surface area contributed by atoms with Gasteiger partial charge in [-0.15, -0.1) is 0 Å². The highest BCUT2D eigenvalue weighted by Gasteiger charge is 2.24. The largest absolute Gasteiger partial charge is 0.497 e. The molecule has 1 aliphatic heterocycles. The first-order chi connectivity index (χ1) is 12.5. The summed E-state index contributed by atoms with van der Waals surface area (Å²) < 4.78 is 10.1. The maximum absolute atomic E-state index is 12.6. The molecule has 0 aliphatic carbocycles. The molecule has 0 saturated carbocycles. The van der Waals surface area contributed by atoms with Gasteiger partial charge >= 0.3 is 5.97 Å². The number of hydrogen-bond acceptors (Lipinski definition) is 4. The van der Waals surface area contributed by atoms with E-state index in [1.807, 2.05) is 6.07 Å². The van der Waals surface area contributed by atoms with Crippen molar-refractivity contribution in [3.63, 3.8) is 0 Å². The Bertz CT molecular complexity index is 806. The number of methoxy groups -OCH3 is 2. The van der Waals surface area contributed by atoms with E-state index in [-0.39, 0.29) is 11.6 Å². The van der Waals surface area contributed by atoms with Gasteiger partial charge in [0.2, 0.25) is 0 Å². The fourth-order valence-electron chi connectivity index (χ4n) is 3.45. The summed E-state index contributed by atoms with van der Waals surface area (Å²) in [5, 5.41) is 3.66. The van der Waals surface area contributed by atoms with Crippen molar-refractivity contribution in [1.82, 2.24) is 4.98 Å². The first kappa shape index (κ1) is 18.3. The van der Waals surface area contributed by atoms with Crippen LogP contribution in [0.3, 0.4) is 0 Å². The summed E-state index contributed by atoms with van der Waals surface area (Å²) in [5.41, 5.74) is 1.41. The minimum Gasteiger partial charge on any atom is -0.497 e. The molecule has 0 radical (unpaired) electrons. The third kappa shape index (κ3) is 3.83. The van der Waals surface area contributed by atoms with E-state index in [1.165, 1.54) is 12.0 Å². The zero-order chi connectivity index (χ0) is 18.7. The molecule has 0 spiro atoms. The number of piperidine rings is 1. The number of aromatic amines is 1. The van der Waals surface area contributed by atoms with Gasteiger partial charge in [-0.25, -0.2) is 4.79 Å². The third-order valence-electron chi connectivity index (χ3n) is 5.05. The van der Waals surface area contributed by atoms with E-state index < -0.39 is 5.97 Å². The number of benzene rings is 1. The Morgan fingerprint density at radius 2 is 2.00 bits per heavy atom. The number of hydrogen-bond donors (Lipinski definition) is 3. The maximum Gasteiger partial charge on any atom is 0.356 e. The van der Waals surface area contributed by atoms with Gasteiger partial charge in [0.1, 0.15) is 11.4 Å². The summed E-state index contributed by atoms with van der Waals surface area (Å²) in [4.78, 5) is 29.0. The van der Waals surface area contributed by atoms with Crippen molar-refractivity contribution < 1.29 is 24.0 Å². The standard InChI is InChI=1S/C19H25N3O4/c1-12-6-8-22(9-7-12)11-16(23)21-17-14-5-4-13(25-2)10-15(14)20-18(17)19(24)26-3/h4-5,10,12,20H,6-9,11H2,1-3H3,(H,21,23)/p+1. The lowest BCUT2D eigenvalue weighted by molar-refractivity contribution is -0.897. The second-order valence-corrected chi connectivity index (χ2v) is 6.94. The molecular weight excluding hydrogens is 334 g/mol. The van der Waals surface area contributed by atoms with Gasteiger partial charge in [0, 0.05) is 11.5 Å². The van der Waals surface area contributed by atoms with Gasteiger partial charge in [-0.05, 0) is 30.9 Å². The number of fused-ring (bicyclic) bond motifs is 1. The number of esters is 1. The fourth-order valence-corrected chi connectivity index (χ4v) is 3.45. The Balaban J connectivity index is 1.83. The van der Waals surface area contributed by atoms with Crippen LogP contribution in [-0.2, 0) is 9.53 Å². The van der Waals surface area contributed by atoms with Gasteiger partial charge in [0.15, 0.2) is 6.54 Å². The van der Waals surface area contributed by atoms with Crippen LogP contribution in [0.4, 0.5) is 5.69 Å². The lowest BCUT2D eigenvalue weighted by Gasteiger charge is -2.26. The van der Waals surface area contributed by atoms with Crippen LogP contribution in [0.1, 0.15) is 30.3 Å². The predicted molar refractivity (Wildman–Crippen MR) is 98.8 cm³/mol. The van der Waals surface area contributed by atoms with Gasteiger partial charge < -0.3 is 24.7 Å². The molecule has 2 heterocycles. The van der Waals surface area contributed by atoms with E-state index in [9.17, 15) is 9.59 Å². The Morgan fingerprint density at radius 1 is 1.27 bits per heavy atom. The molecule has 0 atom stereocenters. The third-order valence-corrected chi connectivity index (χ3v) is 5.05. The minimum absolute atomic E-state index is 0.101. The summed E-state index contributed by atoms with van der Waals surface area (Å²) in [7, 11) is 2.90. The quantitative estimate of drug-likeness (QED) is 0.700. The monoisotopic (exact) mass is 360 g/mol. The van der Waals surface area contributed by atoms with Crippen LogP contribution >= 0.6 is 0 Å². The molecule has 3 rings (SSSR count). The molecule has 26 heavy (non-hydrogen) atoms. The number of amides is 1. The van der Waals surface area contributed by atoms with Gasteiger partial charge in [0.25, 0.3) is 5.91 Å². The van der Waals surface area contributed by atoms with Crippen LogP contribution in [0.5, 0.6) is 5.75 Å². The SMILES string of the molecule is COC(=O)c1[nH]c2cc(OC)ccc2c1NC(=O)C[NH+]1CCC(C)CC1. The van der Waals surface area contributed by atoms with E-state index in [2.05, 4.69) is 17.2 Å². The van der Waals surface area contributed by atoms with Crippen molar-refractivity contribution in [3.8, 4) is 5.75 Å². The molecule has 1 aromatic carbocycles. The summed E-state index contributed by atoms with van der Waals surface area (Å²) in [6, 6.07) is 5.40. The molecule has 0 unspecified atom stereocenters. The van der Waals surface area contributed by atoms with Crippen molar-refractivity contribution in [2.45, 2.75) is 19.8 Å². The van der Waals surface area contributed by atoms with E-state index in [0.29, 0.717) is 23.5 Å². The van der Waals surface area contributed by atoms with Crippen LogP contribution in [0.2, 0.25) is 0 Å². The van der Waals surface area contributed by atoms with Crippen molar-refractivity contribution in [3.05, 3.63) is 23.9 Å². The van der Waals surface area contributed by atoms with Crippen molar-refractivity contribution >= 4 is 28.5 Å². The summed E-state index contributed by atoms with van der Waals surface area (Å²) in [5.74, 6) is 0.780. The number of carbonyl (C=O) groups is 2. The van der Waals surface area contributed by atoms with E-state index in [1.54, 1.807) is 19.2 Å². The fraction of sp³-hybridized carbons (Fsp3) is 0.474. The summed E-state index contributed by atoms with van der Waals surface area (Å²) >= 11 is 0. The van der Waals surface area contributed by atoms with Gasteiger partial charge in [-0.3, -0.25) is 4.79 Å². The van der Waals surface area contributed by atoms with Crippen molar-refractivity contribution in [2.24, 2.45) is 5.92 Å². The van der Waals surface area contributed by atoms with Gasteiger partial charge in [-0.2, -0.15) is 0 Å². The number of quaternary nitrogens is 1. The predicted octanol–water partition coefficient (Wildman–Crippen LogP) is 1.22. The number of H-pyrrole nitrogens is 1. The number of carbonyl (C=O) groups excluding carboxylic acids is 2. The number of rotatable bonds is 5. The lowest BCUT2D eigenvalue weighted by Crippen LogP contribution is -3.14. The van der Waals surface area contributed by atoms with Crippen molar-refractivity contribution in [2.75, 3.05) is 39.2 Å². The molecule has 1 aliphatic rings. The molecule has 7 nitrogen and oxygen atoms in total. The molecule has 7 heteroatoms. The second-order valence-electron chi connectivity index (χ2n) is 6.94. The first-order valence-corrected chi connectivity index (χ1v) is 8.93. The Labute approximate surface area is 152 Å². The smallest absolute Gasteiger partial charge is 0.356 e. The normalized spacial score (nSPS) is 20.0. The number of likely N-dealkylation sites (tertiary alicyclic amines) is 1. The zero-order valence-corrected chi connectivity index (χ0v) is 15.5. The summed E-state index contributed by atoms with van der Waals surface area (Å²) in [6.07, 6.45) is 2.28. The minimum atomic E-state index is -0.519. The molecule has 3 N–H and O–H groups in total. The van der Waals surface area contributed by atoms with Crippen molar-refractivity contribution in [1.29, 1.82) is 0 Å². The van der Waals surface area contributed by atoms with Crippen LogP contribution in [0, 0.1) is 5.92 Å². The molecule has 140 valence electrons. The maximum atomic E-state index is 12.6. The van der Waals surface area contributed by atoms with Gasteiger partial charge in [0.05, 0.1) is 38.5 Å². The van der Waals surface area contributed by atoms with Gasteiger partial charge in [-0.1, -0.05) is 6.92 Å². The second kappa shape index (κ2) is 7.78. The topological polar surface area (TPSA) is 84.9 Å². The molecular formula is C19H26N3O4+. The lowest BCUT2D eigenvalue weighted by atomic mass is 9.99. The number of anilines is 1. The molecule has 2 aromatic rings. The zero-order valence-electron chi connectivity index (χ0n) is 15.5. The Kier molecular flexibility index (Phi) is 5.46. The van der Waals surface area contributed by atoms with E-state index >= 15 is 0 Å². The highest BCUT2D eigenvalue weighted by molar-refractivity contribution is 6.11. The highest BCUT2D eigenvalue weighted by Crippen LogP contribution is 2.31. The molecule has 1 saturated heterocycles. The molecule has 1 fully saturated rings. The number of ether oxygens (including phenoxy) is 2. The Hall–Kier alpha value is -2.54. The highest BCUT2D eigenvalue weighted by atomic mass is 16.5. The molecule has 1 aromatic heterocycles. The van der Waals surface area contributed by atoms with Crippen LogP contribution in [-0.4, -0.2) is 50.7 Å². The van der Waals surface area contributed by atoms with Crippen LogP contribution in [0.15, 0.2) is 18.2 Å². The molecule has 1 amide bonds. The molecule has 0 bridgehead atoms.